The molecule has 1 N–H and O–H groups in total. The molecule has 2 aromatic carbocycles. The summed E-state index contributed by atoms with van der Waals surface area (Å²) in [4.78, 5) is 0. The molecule has 5 nitrogen and oxygen atoms in total. The van der Waals surface area contributed by atoms with E-state index in [1.165, 1.54) is 0 Å². The van der Waals surface area contributed by atoms with Gasteiger partial charge in [0, 0.05) is 16.9 Å². The first-order valence-electron chi connectivity index (χ1n) is 9.56. The van der Waals surface area contributed by atoms with Gasteiger partial charge in [0.05, 0.1) is 21.5 Å². The van der Waals surface area contributed by atoms with Crippen molar-refractivity contribution in [1.29, 1.82) is 0 Å². The first-order chi connectivity index (χ1) is 13.2. The number of nitrogens with one attached hydrogen (secondary N) is 1. The summed E-state index contributed by atoms with van der Waals surface area (Å²) in [6.45, 7) is 4.16. The zero-order valence-electron chi connectivity index (χ0n) is 16.1. The number of anilines is 2. The summed E-state index contributed by atoms with van der Waals surface area (Å²) in [5.74, 6) is -0.120. The topological polar surface area (TPSA) is 72.5 Å². The summed E-state index contributed by atoms with van der Waals surface area (Å²) < 4.78 is 35.4. The molecule has 0 radical (unpaired) electrons. The minimum absolute atomic E-state index is 0.255. The van der Waals surface area contributed by atoms with Crippen LogP contribution in [0.5, 0.6) is 0 Å². The third kappa shape index (κ3) is 3.10. The van der Waals surface area contributed by atoms with E-state index in [4.69, 9.17) is 0 Å². The summed E-state index contributed by atoms with van der Waals surface area (Å²) in [7, 11) is -4.37. The predicted molar refractivity (Wildman–Crippen MR) is 110 cm³/mol. The zero-order chi connectivity index (χ0) is 20.0. The highest BCUT2D eigenvalue weighted by Gasteiger charge is 2.61. The Morgan fingerprint density at radius 1 is 1.04 bits per heavy atom. The highest BCUT2D eigenvalue weighted by atomic mass is 32.2. The minimum Gasteiger partial charge on any atom is -0.748 e. The van der Waals surface area contributed by atoms with Crippen molar-refractivity contribution >= 4 is 21.5 Å². The number of hydrazine groups is 1. The Kier molecular flexibility index (Phi) is 4.51. The number of rotatable bonds is 6. The monoisotopic (exact) mass is 397 g/mol. The van der Waals surface area contributed by atoms with Crippen LogP contribution < -0.4 is 10.4 Å². The molecule has 6 heteroatoms. The Bertz CT molecular complexity index is 947. The number of fused-ring (bicyclic) bond motifs is 2. The SMILES string of the molecule is CC1(C)[C@H]2C=C(NN(c3ccccc3)c3ccccc3)[C@@]1(CS(=O)(=O)[O-])CC2. The van der Waals surface area contributed by atoms with Gasteiger partial charge < -0.3 is 4.55 Å². The highest BCUT2D eigenvalue weighted by molar-refractivity contribution is 7.85. The van der Waals surface area contributed by atoms with E-state index < -0.39 is 15.5 Å². The van der Waals surface area contributed by atoms with Gasteiger partial charge in [0.25, 0.3) is 0 Å². The molecule has 2 bridgehead atoms. The number of hydrogen-bond donors (Lipinski definition) is 1. The van der Waals surface area contributed by atoms with Gasteiger partial charge in [-0.05, 0) is 48.4 Å². The average molecular weight is 398 g/mol. The number of nitrogens with zero attached hydrogens (tertiary/aromatic N) is 1. The molecule has 2 aromatic rings. The maximum atomic E-state index is 11.8. The molecule has 28 heavy (non-hydrogen) atoms. The van der Waals surface area contributed by atoms with Crippen molar-refractivity contribution < 1.29 is 13.0 Å². The number of hydrogen-bond acceptors (Lipinski definition) is 5. The molecular weight excluding hydrogens is 372 g/mol. The molecule has 4 rings (SSSR count). The lowest BCUT2D eigenvalue weighted by atomic mass is 9.69. The summed E-state index contributed by atoms with van der Waals surface area (Å²) in [6, 6.07) is 19.7. The molecule has 1 fully saturated rings. The van der Waals surface area contributed by atoms with Gasteiger partial charge in [-0.25, -0.2) is 8.42 Å². The Labute approximate surface area is 166 Å². The van der Waals surface area contributed by atoms with E-state index in [2.05, 4.69) is 25.3 Å². The van der Waals surface area contributed by atoms with Crippen LogP contribution in [0.3, 0.4) is 0 Å². The number of allylic oxidation sites excluding steroid dienone is 2. The second-order valence-corrected chi connectivity index (χ2v) is 9.75. The Hall–Kier alpha value is -2.31. The molecule has 0 aliphatic heterocycles. The van der Waals surface area contributed by atoms with Crippen LogP contribution in [0.1, 0.15) is 26.7 Å². The highest BCUT2D eigenvalue weighted by Crippen LogP contribution is 2.65. The van der Waals surface area contributed by atoms with Crippen molar-refractivity contribution in [3.63, 3.8) is 0 Å². The molecule has 2 aliphatic carbocycles. The normalized spacial score (nSPS) is 25.4. The van der Waals surface area contributed by atoms with Crippen molar-refractivity contribution in [2.45, 2.75) is 26.7 Å². The lowest BCUT2D eigenvalue weighted by molar-refractivity contribution is 0.164. The van der Waals surface area contributed by atoms with Gasteiger partial charge in [0.2, 0.25) is 0 Å². The van der Waals surface area contributed by atoms with Crippen LogP contribution in [-0.2, 0) is 10.1 Å². The van der Waals surface area contributed by atoms with Gasteiger partial charge in [-0.15, -0.1) is 0 Å². The van der Waals surface area contributed by atoms with Crippen LogP contribution >= 0.6 is 0 Å². The van der Waals surface area contributed by atoms with Gasteiger partial charge >= 0.3 is 0 Å². The third-order valence-corrected chi connectivity index (χ3v) is 7.46. The maximum Gasteiger partial charge on any atom is 0.0955 e. The molecule has 0 heterocycles. The molecule has 0 saturated heterocycles. The number of benzene rings is 2. The van der Waals surface area contributed by atoms with E-state index in [1.54, 1.807) is 0 Å². The van der Waals surface area contributed by atoms with Crippen molar-refractivity contribution in [2.75, 3.05) is 10.8 Å². The molecule has 0 amide bonds. The van der Waals surface area contributed by atoms with Crippen LogP contribution in [0.15, 0.2) is 72.4 Å². The largest absolute Gasteiger partial charge is 0.748 e. The molecule has 0 spiro atoms. The fraction of sp³-hybridized carbons (Fsp3) is 0.364. The number of para-hydroxylation sites is 2. The lowest BCUT2D eigenvalue weighted by Crippen LogP contribution is -2.46. The van der Waals surface area contributed by atoms with Gasteiger partial charge in [-0.1, -0.05) is 56.3 Å². The predicted octanol–water partition coefficient (Wildman–Crippen LogP) is 4.19. The van der Waals surface area contributed by atoms with E-state index in [0.29, 0.717) is 6.42 Å². The van der Waals surface area contributed by atoms with Crippen molar-refractivity contribution in [3.05, 3.63) is 72.4 Å². The fourth-order valence-electron chi connectivity index (χ4n) is 4.91. The summed E-state index contributed by atoms with van der Waals surface area (Å²) >= 11 is 0. The van der Waals surface area contributed by atoms with E-state index >= 15 is 0 Å². The first-order valence-corrected chi connectivity index (χ1v) is 11.1. The first kappa shape index (κ1) is 19.0. The molecular formula is C22H25N2O3S-. The standard InChI is InChI=1S/C22H26N2O3S/c1-21(2)17-13-14-22(21,16-28(25,26)27)20(15-17)23-24(18-9-5-3-6-10-18)19-11-7-4-8-12-19/h3-12,15,17,23H,13-14,16H2,1-2H3,(H,25,26,27)/p-1/t17-,22+/m1/s1. The molecule has 0 unspecified atom stereocenters. The average Bonchev–Trinajstić information content (AvgIpc) is 3.01. The summed E-state index contributed by atoms with van der Waals surface area (Å²) in [5, 5.41) is 1.96. The molecule has 2 atom stereocenters. The van der Waals surface area contributed by atoms with Crippen LogP contribution in [0.4, 0.5) is 11.4 Å². The zero-order valence-corrected chi connectivity index (χ0v) is 16.9. The second-order valence-electron chi connectivity index (χ2n) is 8.35. The Balaban J connectivity index is 1.76. The van der Waals surface area contributed by atoms with E-state index in [-0.39, 0.29) is 17.1 Å². The van der Waals surface area contributed by atoms with Gasteiger partial charge in [0.15, 0.2) is 0 Å². The Morgan fingerprint density at radius 3 is 2.04 bits per heavy atom. The second kappa shape index (κ2) is 6.64. The van der Waals surface area contributed by atoms with Crippen LogP contribution in [0, 0.1) is 16.7 Å². The van der Waals surface area contributed by atoms with Gasteiger partial charge in [-0.3, -0.25) is 10.4 Å². The van der Waals surface area contributed by atoms with E-state index in [9.17, 15) is 13.0 Å². The lowest BCUT2D eigenvalue weighted by Gasteiger charge is -2.43. The molecule has 1 saturated carbocycles. The summed E-state index contributed by atoms with van der Waals surface area (Å²) in [5.41, 5.74) is 5.22. The van der Waals surface area contributed by atoms with E-state index in [0.717, 1.165) is 23.5 Å². The van der Waals surface area contributed by atoms with Crippen LogP contribution in [0.25, 0.3) is 0 Å². The smallest absolute Gasteiger partial charge is 0.0955 e. The van der Waals surface area contributed by atoms with Crippen molar-refractivity contribution in [3.8, 4) is 0 Å². The van der Waals surface area contributed by atoms with Crippen LogP contribution in [0.2, 0.25) is 0 Å². The summed E-state index contributed by atoms with van der Waals surface area (Å²) in [6.07, 6.45) is 3.74. The minimum atomic E-state index is -4.37. The third-order valence-electron chi connectivity index (χ3n) is 6.61. The molecule has 2 aliphatic rings. The van der Waals surface area contributed by atoms with Crippen molar-refractivity contribution in [2.24, 2.45) is 16.7 Å². The quantitative estimate of drug-likeness (QED) is 0.584. The molecule has 148 valence electrons. The van der Waals surface area contributed by atoms with Gasteiger partial charge in [0.1, 0.15) is 0 Å². The fourth-order valence-corrected chi connectivity index (χ4v) is 6.18. The Morgan fingerprint density at radius 2 is 1.57 bits per heavy atom. The van der Waals surface area contributed by atoms with E-state index in [1.807, 2.05) is 65.7 Å². The van der Waals surface area contributed by atoms with Gasteiger partial charge in [-0.2, -0.15) is 0 Å². The maximum absolute atomic E-state index is 11.8. The van der Waals surface area contributed by atoms with Crippen molar-refractivity contribution in [1.82, 2.24) is 5.43 Å². The molecule has 0 aromatic heterocycles. The van der Waals surface area contributed by atoms with Crippen LogP contribution in [-0.4, -0.2) is 18.7 Å².